The van der Waals surface area contributed by atoms with Crippen LogP contribution in [0.5, 0.6) is 5.75 Å². The Kier molecular flexibility index (Phi) is 11.7. The third-order valence-electron chi connectivity index (χ3n) is 4.49. The van der Waals surface area contributed by atoms with Crippen molar-refractivity contribution in [3.8, 4) is 5.75 Å². The van der Waals surface area contributed by atoms with E-state index in [1.165, 1.54) is 0 Å². The van der Waals surface area contributed by atoms with Crippen molar-refractivity contribution in [1.29, 1.82) is 0 Å². The summed E-state index contributed by atoms with van der Waals surface area (Å²) in [5.74, 6) is 2.61. The van der Waals surface area contributed by atoms with E-state index in [0.717, 1.165) is 49.2 Å². The molecule has 0 amide bonds. The lowest BCUT2D eigenvalue weighted by Gasteiger charge is -2.28. The molecule has 1 aromatic heterocycles. The maximum Gasteiger partial charge on any atom is 0.191 e. The molecule has 1 atom stereocenters. The summed E-state index contributed by atoms with van der Waals surface area (Å²) in [7, 11) is 1.68. The quantitative estimate of drug-likeness (QED) is 0.293. The summed E-state index contributed by atoms with van der Waals surface area (Å²) >= 11 is 0. The van der Waals surface area contributed by atoms with Crippen LogP contribution in [0.15, 0.2) is 52.1 Å². The number of rotatable bonds is 10. The predicted octanol–water partition coefficient (Wildman–Crippen LogP) is 4.04. The molecule has 2 N–H and O–H groups in total. The second kappa shape index (κ2) is 13.4. The zero-order valence-electron chi connectivity index (χ0n) is 17.3. The van der Waals surface area contributed by atoms with E-state index in [-0.39, 0.29) is 30.0 Å². The van der Waals surface area contributed by atoms with Crippen LogP contribution >= 0.6 is 24.0 Å². The number of aliphatic imine (C=N–C) groups is 1. The number of hydrogen-bond donors (Lipinski definition) is 2. The normalized spacial score (nSPS) is 12.4. The highest BCUT2D eigenvalue weighted by Gasteiger charge is 2.20. The highest BCUT2D eigenvalue weighted by atomic mass is 127. The van der Waals surface area contributed by atoms with Gasteiger partial charge in [-0.3, -0.25) is 4.90 Å². The number of likely N-dealkylation sites (N-methyl/N-ethyl adjacent to an activating group) is 1. The van der Waals surface area contributed by atoms with Gasteiger partial charge >= 0.3 is 0 Å². The fourth-order valence-electron chi connectivity index (χ4n) is 3.03. The number of nitrogens with zero attached hydrogens (tertiary/aromatic N) is 2. The van der Waals surface area contributed by atoms with Crippen molar-refractivity contribution in [2.24, 2.45) is 4.99 Å². The maximum atomic E-state index is 5.67. The second-order valence-corrected chi connectivity index (χ2v) is 6.18. The molecule has 0 spiro atoms. The van der Waals surface area contributed by atoms with Crippen LogP contribution in [0.3, 0.4) is 0 Å². The summed E-state index contributed by atoms with van der Waals surface area (Å²) < 4.78 is 11.0. The van der Waals surface area contributed by atoms with Gasteiger partial charge in [-0.05, 0) is 49.8 Å². The minimum atomic E-state index is 0. The fraction of sp³-hybridized carbons (Fsp3) is 0.476. The summed E-state index contributed by atoms with van der Waals surface area (Å²) in [6.45, 7) is 10.4. The van der Waals surface area contributed by atoms with Crippen molar-refractivity contribution in [2.45, 2.75) is 33.4 Å². The van der Waals surface area contributed by atoms with E-state index in [1.54, 1.807) is 13.4 Å². The van der Waals surface area contributed by atoms with Gasteiger partial charge in [0.25, 0.3) is 0 Å². The molecule has 6 nitrogen and oxygen atoms in total. The van der Waals surface area contributed by atoms with Crippen LogP contribution in [0.25, 0.3) is 0 Å². The molecule has 1 unspecified atom stereocenters. The summed E-state index contributed by atoms with van der Waals surface area (Å²) in [6, 6.07) is 12.1. The van der Waals surface area contributed by atoms with Gasteiger partial charge in [0, 0.05) is 13.1 Å². The lowest BCUT2D eigenvalue weighted by molar-refractivity contribution is 0.193. The maximum absolute atomic E-state index is 5.67. The molecule has 0 saturated carbocycles. The molecule has 7 heteroatoms. The number of benzene rings is 1. The smallest absolute Gasteiger partial charge is 0.191 e. The van der Waals surface area contributed by atoms with E-state index >= 15 is 0 Å². The Balaban J connectivity index is 0.00000392. The van der Waals surface area contributed by atoms with Crippen LogP contribution in [-0.2, 0) is 6.54 Å². The van der Waals surface area contributed by atoms with Crippen LogP contribution in [-0.4, -0.2) is 44.1 Å². The van der Waals surface area contributed by atoms with Crippen molar-refractivity contribution in [2.75, 3.05) is 33.3 Å². The SMILES string of the molecule is CCNC(=NCc1cccc(OC)c1)NCC(c1ccco1)N(CC)CC.I. The van der Waals surface area contributed by atoms with Crippen LogP contribution in [0.2, 0.25) is 0 Å². The second-order valence-electron chi connectivity index (χ2n) is 6.18. The third kappa shape index (κ3) is 7.35. The van der Waals surface area contributed by atoms with Gasteiger partial charge in [-0.25, -0.2) is 4.99 Å². The molecular formula is C21H33IN4O2. The van der Waals surface area contributed by atoms with Crippen LogP contribution in [0.4, 0.5) is 0 Å². The summed E-state index contributed by atoms with van der Waals surface area (Å²) in [5, 5.41) is 6.78. The number of furan rings is 1. The van der Waals surface area contributed by atoms with E-state index < -0.39 is 0 Å². The van der Waals surface area contributed by atoms with E-state index in [4.69, 9.17) is 14.1 Å². The lowest BCUT2D eigenvalue weighted by atomic mass is 10.2. The Labute approximate surface area is 185 Å². The largest absolute Gasteiger partial charge is 0.497 e. The molecular weight excluding hydrogens is 467 g/mol. The van der Waals surface area contributed by atoms with E-state index in [0.29, 0.717) is 6.54 Å². The predicted molar refractivity (Wildman–Crippen MR) is 126 cm³/mol. The standard InChI is InChI=1S/C21H32N4O2.HI/c1-5-22-21(23-15-17-10-8-11-18(14-17)26-4)24-16-19(25(6-2)7-3)20-12-9-13-27-20;/h8-14,19H,5-7,15-16H2,1-4H3,(H2,22,23,24);1H. The molecule has 1 aromatic carbocycles. The molecule has 0 aliphatic rings. The topological polar surface area (TPSA) is 62.0 Å². The zero-order valence-corrected chi connectivity index (χ0v) is 19.6. The molecule has 0 aliphatic heterocycles. The molecule has 1 heterocycles. The Hall–Kier alpha value is -1.74. The zero-order chi connectivity index (χ0) is 19.5. The van der Waals surface area contributed by atoms with Crippen molar-refractivity contribution in [3.05, 3.63) is 54.0 Å². The van der Waals surface area contributed by atoms with Crippen molar-refractivity contribution >= 4 is 29.9 Å². The molecule has 156 valence electrons. The molecule has 2 rings (SSSR count). The average Bonchev–Trinajstić information content (AvgIpc) is 3.23. The van der Waals surface area contributed by atoms with Gasteiger partial charge < -0.3 is 19.8 Å². The van der Waals surface area contributed by atoms with Crippen LogP contribution < -0.4 is 15.4 Å². The minimum Gasteiger partial charge on any atom is -0.497 e. The lowest BCUT2D eigenvalue weighted by Crippen LogP contribution is -2.43. The highest BCUT2D eigenvalue weighted by Crippen LogP contribution is 2.20. The fourth-order valence-corrected chi connectivity index (χ4v) is 3.03. The van der Waals surface area contributed by atoms with Gasteiger partial charge in [0.2, 0.25) is 0 Å². The third-order valence-corrected chi connectivity index (χ3v) is 4.49. The Morgan fingerprint density at radius 3 is 2.54 bits per heavy atom. The monoisotopic (exact) mass is 500 g/mol. The number of guanidine groups is 1. The molecule has 0 bridgehead atoms. The highest BCUT2D eigenvalue weighted by molar-refractivity contribution is 14.0. The van der Waals surface area contributed by atoms with E-state index in [2.05, 4.69) is 42.4 Å². The number of halogens is 1. The first-order valence-electron chi connectivity index (χ1n) is 9.64. The van der Waals surface area contributed by atoms with Gasteiger partial charge in [0.15, 0.2) is 5.96 Å². The molecule has 2 aromatic rings. The Morgan fingerprint density at radius 1 is 1.14 bits per heavy atom. The average molecular weight is 500 g/mol. The van der Waals surface area contributed by atoms with Crippen molar-refractivity contribution in [3.63, 3.8) is 0 Å². The number of hydrogen-bond acceptors (Lipinski definition) is 4. The molecule has 0 fully saturated rings. The van der Waals surface area contributed by atoms with Crippen LogP contribution in [0.1, 0.15) is 38.1 Å². The summed E-state index contributed by atoms with van der Waals surface area (Å²) in [4.78, 5) is 7.09. The van der Waals surface area contributed by atoms with Crippen LogP contribution in [0, 0.1) is 0 Å². The van der Waals surface area contributed by atoms with E-state index in [9.17, 15) is 0 Å². The molecule has 0 radical (unpaired) electrons. The first-order chi connectivity index (χ1) is 13.2. The number of nitrogens with one attached hydrogen (secondary N) is 2. The van der Waals surface area contributed by atoms with Gasteiger partial charge in [-0.2, -0.15) is 0 Å². The number of methoxy groups -OCH3 is 1. The first-order valence-corrected chi connectivity index (χ1v) is 9.64. The van der Waals surface area contributed by atoms with Gasteiger partial charge in [0.05, 0.1) is 26.0 Å². The molecule has 0 saturated heterocycles. The minimum absolute atomic E-state index is 0. The van der Waals surface area contributed by atoms with E-state index in [1.807, 2.05) is 30.3 Å². The van der Waals surface area contributed by atoms with Gasteiger partial charge in [0.1, 0.15) is 11.5 Å². The van der Waals surface area contributed by atoms with Gasteiger partial charge in [-0.15, -0.1) is 24.0 Å². The summed E-state index contributed by atoms with van der Waals surface area (Å²) in [6.07, 6.45) is 1.73. The Bertz CT molecular complexity index is 687. The summed E-state index contributed by atoms with van der Waals surface area (Å²) in [5.41, 5.74) is 1.11. The molecule has 0 aliphatic carbocycles. The van der Waals surface area contributed by atoms with Crippen molar-refractivity contribution < 1.29 is 9.15 Å². The first kappa shape index (κ1) is 24.3. The molecule has 28 heavy (non-hydrogen) atoms. The van der Waals surface area contributed by atoms with Crippen molar-refractivity contribution in [1.82, 2.24) is 15.5 Å². The van der Waals surface area contributed by atoms with Gasteiger partial charge in [-0.1, -0.05) is 26.0 Å². The Morgan fingerprint density at radius 2 is 1.93 bits per heavy atom. The number of ether oxygens (including phenoxy) is 1.